The molecule has 0 aromatic heterocycles. The molecule has 0 aromatic carbocycles. The molecule has 0 amide bonds. The molecule has 0 saturated carbocycles. The van der Waals surface area contributed by atoms with Gasteiger partial charge >= 0.3 is 34.1 Å². The second kappa shape index (κ2) is 125. The van der Waals surface area contributed by atoms with Crippen molar-refractivity contribution < 1.29 is 87.7 Å². The molecule has 0 bridgehead atoms. The topological polar surface area (TPSA) is 85.5 Å². The van der Waals surface area contributed by atoms with Crippen molar-refractivity contribution in [3.8, 4) is 0 Å². The normalized spacial score (nSPS) is 0. The summed E-state index contributed by atoms with van der Waals surface area (Å²) in [5.74, 6) is 0. The smallest absolute Gasteiger partial charge is 2.00 e. The molecule has 0 rings (SSSR count). The summed E-state index contributed by atoms with van der Waals surface area (Å²) >= 11 is 0. The van der Waals surface area contributed by atoms with Crippen LogP contribution < -0.4 is 0 Å². The Morgan fingerprint density at radius 2 is 0.444 bits per heavy atom. The van der Waals surface area contributed by atoms with Gasteiger partial charge in [-0.15, -0.1) is 0 Å². The molecule has 2 atom stereocenters. The predicted octanol–water partition coefficient (Wildman–Crippen LogP) is -0.250. The molecular weight excluding hydrogens is 324 g/mol. The van der Waals surface area contributed by atoms with Gasteiger partial charge in [-0.05, 0) is 0 Å². The molecule has 0 aliphatic heterocycles. The van der Waals surface area contributed by atoms with E-state index in [1.807, 2.05) is 0 Å². The third-order valence-electron chi connectivity index (χ3n) is 0. The molecule has 0 aliphatic rings. The Labute approximate surface area is 107 Å². The summed E-state index contributed by atoms with van der Waals surface area (Å²) < 4.78 is 0. The van der Waals surface area contributed by atoms with Crippen LogP contribution in [0.2, 0.25) is 0 Å². The Bertz CT molecular complexity index is 17.8. The molecule has 0 aromatic rings. The van der Waals surface area contributed by atoms with Crippen molar-refractivity contribution in [3.05, 3.63) is 0 Å². The van der Waals surface area contributed by atoms with Crippen LogP contribution in [0.3, 0.4) is 0 Å². The standard InChI is InChI=1S/2Fe.3O.2H3P.2V/h;;;;;2*1H3;;/q2*+3;3*-2;;;;. The molecular formula is H6Fe2O3P2V2. The quantitative estimate of drug-likeness (QED) is 0.433. The van der Waals surface area contributed by atoms with E-state index in [9.17, 15) is 0 Å². The van der Waals surface area contributed by atoms with Gasteiger partial charge in [0, 0.05) is 37.1 Å². The number of hydrogen-bond donors (Lipinski definition) is 0. The van der Waals surface area contributed by atoms with Crippen molar-refractivity contribution in [2.45, 2.75) is 0 Å². The van der Waals surface area contributed by atoms with Crippen LogP contribution in [-0.2, 0) is 87.7 Å². The molecule has 9 heteroatoms. The zero-order valence-corrected chi connectivity index (χ0v) is 12.1. The summed E-state index contributed by atoms with van der Waals surface area (Å²) in [5, 5.41) is 0. The minimum absolute atomic E-state index is 0. The van der Waals surface area contributed by atoms with Crippen molar-refractivity contribution in [3.63, 3.8) is 0 Å². The predicted molar refractivity (Wildman–Crippen MR) is 24.3 cm³/mol. The zero-order chi connectivity index (χ0) is 0. The maximum atomic E-state index is 0. The van der Waals surface area contributed by atoms with Gasteiger partial charge in [0.25, 0.3) is 0 Å². The summed E-state index contributed by atoms with van der Waals surface area (Å²) in [4.78, 5) is 0. The van der Waals surface area contributed by atoms with Gasteiger partial charge in [-0.1, -0.05) is 0 Å². The first-order chi connectivity index (χ1) is 0. The van der Waals surface area contributed by atoms with Crippen LogP contribution in [0.1, 0.15) is 0 Å². The third-order valence-corrected chi connectivity index (χ3v) is 0. The van der Waals surface area contributed by atoms with Gasteiger partial charge in [0.1, 0.15) is 0 Å². The van der Waals surface area contributed by atoms with E-state index in [0.717, 1.165) is 0 Å². The largest absolute Gasteiger partial charge is 3.00 e. The van der Waals surface area contributed by atoms with Crippen LogP contribution in [0, 0.1) is 0 Å². The Morgan fingerprint density at radius 1 is 0.444 bits per heavy atom. The van der Waals surface area contributed by atoms with Crippen LogP contribution in [0.4, 0.5) is 0 Å². The van der Waals surface area contributed by atoms with Gasteiger partial charge in [0.05, 0.1) is 0 Å². The van der Waals surface area contributed by atoms with Gasteiger partial charge in [0.2, 0.25) is 0 Å². The van der Waals surface area contributed by atoms with Crippen LogP contribution in [0.25, 0.3) is 0 Å². The molecule has 60 valence electrons. The first-order valence-corrected chi connectivity index (χ1v) is 0. The molecule has 0 saturated heterocycles. The molecule has 0 N–H and O–H groups in total. The van der Waals surface area contributed by atoms with Crippen molar-refractivity contribution >= 4 is 19.8 Å². The Morgan fingerprint density at radius 3 is 0.444 bits per heavy atom. The minimum atomic E-state index is 0. The van der Waals surface area contributed by atoms with Gasteiger partial charge < -0.3 is 16.4 Å². The van der Waals surface area contributed by atoms with Gasteiger partial charge in [0.15, 0.2) is 0 Å². The zero-order valence-electron chi connectivity index (χ0n) is 4.24. The van der Waals surface area contributed by atoms with Crippen LogP contribution in [0.5, 0.6) is 0 Å². The molecule has 4 radical (unpaired) electrons. The van der Waals surface area contributed by atoms with Gasteiger partial charge in [-0.2, -0.15) is 19.8 Å². The Balaban J connectivity index is 0. The molecule has 0 spiro atoms. The van der Waals surface area contributed by atoms with Crippen LogP contribution in [-0.4, -0.2) is 0 Å². The Kier molecular flexibility index (Phi) is 2280. The number of hydrogen-bond acceptors (Lipinski definition) is 0. The summed E-state index contributed by atoms with van der Waals surface area (Å²) in [6, 6.07) is 0. The molecule has 2 unspecified atom stereocenters. The van der Waals surface area contributed by atoms with E-state index in [1.54, 1.807) is 0 Å². The van der Waals surface area contributed by atoms with Crippen molar-refractivity contribution in [1.29, 1.82) is 0 Å². The second-order valence-corrected chi connectivity index (χ2v) is 0. The average Bonchev–Trinajstić information content (AvgIpc) is 0. The van der Waals surface area contributed by atoms with E-state index in [2.05, 4.69) is 0 Å². The van der Waals surface area contributed by atoms with Crippen molar-refractivity contribution in [2.24, 2.45) is 0 Å². The molecule has 0 aliphatic carbocycles. The maximum Gasteiger partial charge on any atom is 3.00 e. The average molecular weight is 330 g/mol. The van der Waals surface area contributed by atoms with E-state index in [1.165, 1.54) is 0 Å². The molecule has 0 heterocycles. The first kappa shape index (κ1) is 165. The fourth-order valence-corrected chi connectivity index (χ4v) is 0. The van der Waals surface area contributed by atoms with Crippen molar-refractivity contribution in [1.82, 2.24) is 0 Å². The summed E-state index contributed by atoms with van der Waals surface area (Å²) in [5.41, 5.74) is 0. The van der Waals surface area contributed by atoms with Crippen LogP contribution >= 0.6 is 19.8 Å². The fourth-order valence-electron chi connectivity index (χ4n) is 0. The van der Waals surface area contributed by atoms with E-state index >= 15 is 0 Å². The van der Waals surface area contributed by atoms with Gasteiger partial charge in [-0.3, -0.25) is 0 Å². The Hall–Kier alpha value is 2.95. The van der Waals surface area contributed by atoms with E-state index in [4.69, 9.17) is 0 Å². The van der Waals surface area contributed by atoms with E-state index < -0.39 is 0 Å². The maximum absolute atomic E-state index is 0. The third kappa shape index (κ3) is 101. The second-order valence-electron chi connectivity index (χ2n) is 0. The first-order valence-electron chi connectivity index (χ1n) is 0. The summed E-state index contributed by atoms with van der Waals surface area (Å²) in [6.07, 6.45) is 0. The van der Waals surface area contributed by atoms with E-state index in [-0.39, 0.29) is 107 Å². The van der Waals surface area contributed by atoms with Crippen LogP contribution in [0.15, 0.2) is 0 Å². The summed E-state index contributed by atoms with van der Waals surface area (Å²) in [7, 11) is 0. The SMILES string of the molecule is P.P.[Fe+3].[Fe+3].[O-2].[O-2].[O-2].[V].[V]. The van der Waals surface area contributed by atoms with Crippen molar-refractivity contribution in [2.75, 3.05) is 0 Å². The monoisotopic (exact) mass is 330 g/mol. The van der Waals surface area contributed by atoms with E-state index in [0.29, 0.717) is 0 Å². The minimum Gasteiger partial charge on any atom is -2.00 e. The molecule has 9 heavy (non-hydrogen) atoms. The number of rotatable bonds is 0. The molecule has 0 fully saturated rings. The summed E-state index contributed by atoms with van der Waals surface area (Å²) in [6.45, 7) is 0. The fraction of sp³-hybridized carbons (Fsp3) is 0. The molecule has 3 nitrogen and oxygen atoms in total. The van der Waals surface area contributed by atoms with Gasteiger partial charge in [-0.25, -0.2) is 0 Å².